The molecule has 0 aliphatic heterocycles. The number of carbonyl (C=O) groups excluding carboxylic acids is 1. The molecule has 0 unspecified atom stereocenters. The fourth-order valence-electron chi connectivity index (χ4n) is 1.43. The molecular formula is C13H20N2O3. The molecule has 0 spiro atoms. The van der Waals surface area contributed by atoms with Crippen LogP contribution in [0.1, 0.15) is 12.5 Å². The van der Waals surface area contributed by atoms with Crippen LogP contribution in [0.2, 0.25) is 0 Å². The number of aryl methyl sites for hydroxylation is 1. The standard InChI is InChI=1S/C13H20N2O3/c1-4-18-12-9-11(6-5-10(12)2)15-13(16)14-7-8-17-3/h5-6,9H,4,7-8H2,1-3H3,(H2,14,15,16). The van der Waals surface area contributed by atoms with Crippen molar-refractivity contribution in [3.63, 3.8) is 0 Å². The summed E-state index contributed by atoms with van der Waals surface area (Å²) in [7, 11) is 1.59. The van der Waals surface area contributed by atoms with Gasteiger partial charge in [0.25, 0.3) is 0 Å². The van der Waals surface area contributed by atoms with Gasteiger partial charge in [-0.3, -0.25) is 0 Å². The molecule has 1 aromatic carbocycles. The first kappa shape index (κ1) is 14.3. The van der Waals surface area contributed by atoms with Crippen molar-refractivity contribution < 1.29 is 14.3 Å². The van der Waals surface area contributed by atoms with Gasteiger partial charge in [-0.2, -0.15) is 0 Å². The molecule has 5 heteroatoms. The summed E-state index contributed by atoms with van der Waals surface area (Å²) in [6.45, 7) is 5.47. The highest BCUT2D eigenvalue weighted by molar-refractivity contribution is 5.89. The summed E-state index contributed by atoms with van der Waals surface area (Å²) >= 11 is 0. The van der Waals surface area contributed by atoms with Crippen LogP contribution in [0.4, 0.5) is 10.5 Å². The predicted octanol–water partition coefficient (Wildman–Crippen LogP) is 2.16. The number of anilines is 1. The van der Waals surface area contributed by atoms with Crippen molar-refractivity contribution in [2.45, 2.75) is 13.8 Å². The average molecular weight is 252 g/mol. The Morgan fingerprint density at radius 2 is 2.17 bits per heavy atom. The van der Waals surface area contributed by atoms with Gasteiger partial charge >= 0.3 is 6.03 Å². The third-order valence-corrected chi connectivity index (χ3v) is 2.34. The summed E-state index contributed by atoms with van der Waals surface area (Å²) in [6.07, 6.45) is 0. The van der Waals surface area contributed by atoms with Crippen LogP contribution in [0.25, 0.3) is 0 Å². The zero-order valence-corrected chi connectivity index (χ0v) is 11.1. The lowest BCUT2D eigenvalue weighted by Gasteiger charge is -2.11. The molecule has 0 heterocycles. The van der Waals surface area contributed by atoms with E-state index >= 15 is 0 Å². The highest BCUT2D eigenvalue weighted by Gasteiger charge is 2.04. The van der Waals surface area contributed by atoms with Gasteiger partial charge < -0.3 is 20.1 Å². The van der Waals surface area contributed by atoms with Crippen LogP contribution >= 0.6 is 0 Å². The summed E-state index contributed by atoms with van der Waals surface area (Å²) in [5.74, 6) is 0.784. The minimum Gasteiger partial charge on any atom is -0.494 e. The number of carbonyl (C=O) groups is 1. The molecule has 1 rings (SSSR count). The van der Waals surface area contributed by atoms with Crippen molar-refractivity contribution in [2.24, 2.45) is 0 Å². The van der Waals surface area contributed by atoms with Crippen molar-refractivity contribution >= 4 is 11.7 Å². The third-order valence-electron chi connectivity index (χ3n) is 2.34. The second kappa shape index (κ2) is 7.55. The summed E-state index contributed by atoms with van der Waals surface area (Å²) in [5, 5.41) is 5.42. The fourth-order valence-corrected chi connectivity index (χ4v) is 1.43. The molecule has 0 aliphatic rings. The second-order valence-corrected chi connectivity index (χ2v) is 3.79. The van der Waals surface area contributed by atoms with Gasteiger partial charge in [-0.15, -0.1) is 0 Å². The molecule has 2 amide bonds. The lowest BCUT2D eigenvalue weighted by atomic mass is 10.2. The molecule has 0 aromatic heterocycles. The number of ether oxygens (including phenoxy) is 2. The summed E-state index contributed by atoms with van der Waals surface area (Å²) in [6, 6.07) is 5.32. The Morgan fingerprint density at radius 1 is 1.39 bits per heavy atom. The van der Waals surface area contributed by atoms with Gasteiger partial charge in [0, 0.05) is 25.4 Å². The normalized spacial score (nSPS) is 9.94. The quantitative estimate of drug-likeness (QED) is 0.763. The topological polar surface area (TPSA) is 59.6 Å². The van der Waals surface area contributed by atoms with Crippen LogP contribution < -0.4 is 15.4 Å². The molecule has 0 bridgehead atoms. The van der Waals surface area contributed by atoms with E-state index in [0.29, 0.717) is 25.4 Å². The van der Waals surface area contributed by atoms with Crippen molar-refractivity contribution in [2.75, 3.05) is 32.2 Å². The second-order valence-electron chi connectivity index (χ2n) is 3.79. The van der Waals surface area contributed by atoms with Crippen molar-refractivity contribution in [3.8, 4) is 5.75 Å². The van der Waals surface area contributed by atoms with Crippen LogP contribution in [0, 0.1) is 6.92 Å². The molecule has 0 radical (unpaired) electrons. The van der Waals surface area contributed by atoms with Crippen molar-refractivity contribution in [1.29, 1.82) is 0 Å². The Hall–Kier alpha value is -1.75. The molecule has 18 heavy (non-hydrogen) atoms. The van der Waals surface area contributed by atoms with E-state index < -0.39 is 0 Å². The molecule has 0 aliphatic carbocycles. The number of amides is 2. The third kappa shape index (κ3) is 4.63. The first-order valence-electron chi connectivity index (χ1n) is 5.94. The Bertz CT molecular complexity index is 394. The highest BCUT2D eigenvalue weighted by atomic mass is 16.5. The van der Waals surface area contributed by atoms with Gasteiger partial charge in [0.2, 0.25) is 0 Å². The Balaban J connectivity index is 2.56. The smallest absolute Gasteiger partial charge is 0.319 e. The van der Waals surface area contributed by atoms with Crippen LogP contribution in [-0.2, 0) is 4.74 Å². The summed E-state index contributed by atoms with van der Waals surface area (Å²) in [4.78, 5) is 11.5. The van der Waals surface area contributed by atoms with E-state index in [2.05, 4.69) is 10.6 Å². The fraction of sp³-hybridized carbons (Fsp3) is 0.462. The van der Waals surface area contributed by atoms with E-state index in [9.17, 15) is 4.79 Å². The number of hydrogen-bond acceptors (Lipinski definition) is 3. The molecule has 100 valence electrons. The van der Waals surface area contributed by atoms with Crippen LogP contribution in [0.5, 0.6) is 5.75 Å². The maximum atomic E-state index is 11.5. The predicted molar refractivity (Wildman–Crippen MR) is 71.2 cm³/mol. The average Bonchev–Trinajstić information content (AvgIpc) is 2.34. The zero-order chi connectivity index (χ0) is 13.4. The molecule has 0 fully saturated rings. The van der Waals surface area contributed by atoms with Gasteiger partial charge in [0.05, 0.1) is 13.2 Å². The van der Waals surface area contributed by atoms with E-state index in [1.807, 2.05) is 32.0 Å². The van der Waals surface area contributed by atoms with Crippen LogP contribution in [-0.4, -0.2) is 32.9 Å². The van der Waals surface area contributed by atoms with Gasteiger partial charge in [0.1, 0.15) is 5.75 Å². The maximum Gasteiger partial charge on any atom is 0.319 e. The van der Waals surface area contributed by atoms with Gasteiger partial charge in [-0.25, -0.2) is 4.79 Å². The molecule has 0 atom stereocenters. The number of hydrogen-bond donors (Lipinski definition) is 2. The number of rotatable bonds is 6. The van der Waals surface area contributed by atoms with Gasteiger partial charge in [-0.1, -0.05) is 6.07 Å². The summed E-state index contributed by atoms with van der Waals surface area (Å²) < 4.78 is 10.3. The molecule has 5 nitrogen and oxygen atoms in total. The van der Waals surface area contributed by atoms with E-state index in [1.54, 1.807) is 7.11 Å². The van der Waals surface area contributed by atoms with Crippen molar-refractivity contribution in [1.82, 2.24) is 5.32 Å². The minimum absolute atomic E-state index is 0.252. The van der Waals surface area contributed by atoms with Gasteiger partial charge in [0.15, 0.2) is 0 Å². The SMILES string of the molecule is CCOc1cc(NC(=O)NCCOC)ccc1C. The summed E-state index contributed by atoms with van der Waals surface area (Å²) in [5.41, 5.74) is 1.75. The Kier molecular flexibility index (Phi) is 6.00. The maximum absolute atomic E-state index is 11.5. The van der Waals surface area contributed by atoms with E-state index in [4.69, 9.17) is 9.47 Å². The minimum atomic E-state index is -0.252. The molecule has 2 N–H and O–H groups in total. The Morgan fingerprint density at radius 3 is 2.83 bits per heavy atom. The molecular weight excluding hydrogens is 232 g/mol. The number of urea groups is 1. The first-order chi connectivity index (χ1) is 8.67. The first-order valence-corrected chi connectivity index (χ1v) is 5.94. The monoisotopic (exact) mass is 252 g/mol. The van der Waals surface area contributed by atoms with E-state index in [0.717, 1.165) is 11.3 Å². The lowest BCUT2D eigenvalue weighted by Crippen LogP contribution is -2.31. The Labute approximate surface area is 107 Å². The lowest BCUT2D eigenvalue weighted by molar-refractivity contribution is 0.198. The van der Waals surface area contributed by atoms with Crippen molar-refractivity contribution in [3.05, 3.63) is 23.8 Å². The molecule has 1 aromatic rings. The highest BCUT2D eigenvalue weighted by Crippen LogP contribution is 2.22. The molecule has 0 saturated heterocycles. The number of benzene rings is 1. The molecule has 0 saturated carbocycles. The number of nitrogens with one attached hydrogen (secondary N) is 2. The van der Waals surface area contributed by atoms with Crippen LogP contribution in [0.3, 0.4) is 0 Å². The van der Waals surface area contributed by atoms with E-state index in [-0.39, 0.29) is 6.03 Å². The number of methoxy groups -OCH3 is 1. The van der Waals surface area contributed by atoms with Gasteiger partial charge in [-0.05, 0) is 25.5 Å². The van der Waals surface area contributed by atoms with Crippen LogP contribution in [0.15, 0.2) is 18.2 Å². The van der Waals surface area contributed by atoms with E-state index in [1.165, 1.54) is 0 Å². The largest absolute Gasteiger partial charge is 0.494 e. The zero-order valence-electron chi connectivity index (χ0n) is 11.1.